The van der Waals surface area contributed by atoms with Gasteiger partial charge in [0.05, 0.1) is 0 Å². The van der Waals surface area contributed by atoms with E-state index in [1.165, 1.54) is 18.2 Å². The number of rotatable bonds is 3. The molecule has 0 bridgehead atoms. The average molecular weight is 316 g/mol. The summed E-state index contributed by atoms with van der Waals surface area (Å²) in [5.74, 6) is -0.679. The van der Waals surface area contributed by atoms with Crippen molar-refractivity contribution in [1.82, 2.24) is 10.2 Å². The molecule has 2 heterocycles. The predicted octanol–water partition coefficient (Wildman–Crippen LogP) is 2.03. The van der Waals surface area contributed by atoms with Crippen LogP contribution >= 0.6 is 0 Å². The lowest BCUT2D eigenvalue weighted by molar-refractivity contribution is 0.0689. The zero-order valence-corrected chi connectivity index (χ0v) is 12.7. The zero-order valence-electron chi connectivity index (χ0n) is 12.7. The van der Waals surface area contributed by atoms with Crippen LogP contribution in [0.5, 0.6) is 0 Å². The number of benzene rings is 1. The van der Waals surface area contributed by atoms with Crippen LogP contribution in [0, 0.1) is 5.82 Å². The maximum atomic E-state index is 13.4. The van der Waals surface area contributed by atoms with Crippen LogP contribution in [0.15, 0.2) is 36.4 Å². The quantitative estimate of drug-likeness (QED) is 0.934. The fourth-order valence-electron chi connectivity index (χ4n) is 2.80. The largest absolute Gasteiger partial charge is 0.476 e. The molecular weight excluding hydrogens is 299 g/mol. The van der Waals surface area contributed by atoms with Gasteiger partial charge in [0.2, 0.25) is 0 Å². The van der Waals surface area contributed by atoms with E-state index in [0.29, 0.717) is 12.4 Å². The second kappa shape index (κ2) is 6.20. The average Bonchev–Trinajstić information content (AvgIpc) is 2.55. The summed E-state index contributed by atoms with van der Waals surface area (Å²) in [6.07, 6.45) is 0. The molecule has 1 atom stereocenters. The molecule has 3 rings (SSSR count). The second-order valence-corrected chi connectivity index (χ2v) is 5.55. The summed E-state index contributed by atoms with van der Waals surface area (Å²) in [5, 5.41) is 16.6. The van der Waals surface area contributed by atoms with Crippen LogP contribution in [0.4, 0.5) is 15.9 Å². The lowest BCUT2D eigenvalue weighted by atomic mass is 10.1. The van der Waals surface area contributed by atoms with Crippen molar-refractivity contribution < 1.29 is 14.3 Å². The number of aromatic carboxylic acids is 1. The molecule has 1 saturated heterocycles. The number of anilines is 2. The number of halogens is 1. The highest BCUT2D eigenvalue weighted by molar-refractivity contribution is 5.85. The Hall–Kier alpha value is -2.70. The molecule has 23 heavy (non-hydrogen) atoms. The van der Waals surface area contributed by atoms with E-state index in [2.05, 4.69) is 26.9 Å². The van der Waals surface area contributed by atoms with Gasteiger partial charge in [-0.2, -0.15) is 0 Å². The minimum absolute atomic E-state index is 0.0696. The summed E-state index contributed by atoms with van der Waals surface area (Å²) >= 11 is 0. The van der Waals surface area contributed by atoms with Crippen LogP contribution in [0.2, 0.25) is 0 Å². The third kappa shape index (κ3) is 3.23. The Morgan fingerprint density at radius 3 is 2.70 bits per heavy atom. The number of aromatic nitrogens is 2. The molecule has 1 aromatic carbocycles. The SMILES string of the molecule is C[C@H]1CN(c2cccc(F)c2)CCN1c1ccc(C(=O)O)nn1. The standard InChI is InChI=1S/C16H17FN4O2/c1-11-10-20(13-4-2-3-12(17)9-13)7-8-21(11)15-6-5-14(16(22)23)18-19-15/h2-6,9,11H,7-8,10H2,1H3,(H,22,23)/t11-/m0/s1. The topological polar surface area (TPSA) is 69.6 Å². The molecule has 7 heteroatoms. The van der Waals surface area contributed by atoms with Crippen LogP contribution in [0.3, 0.4) is 0 Å². The molecule has 0 radical (unpaired) electrons. The predicted molar refractivity (Wildman–Crippen MR) is 84.4 cm³/mol. The summed E-state index contributed by atoms with van der Waals surface area (Å²) in [7, 11) is 0. The van der Waals surface area contributed by atoms with Crippen molar-refractivity contribution in [2.75, 3.05) is 29.4 Å². The first kappa shape index (κ1) is 15.2. The lowest BCUT2D eigenvalue weighted by Crippen LogP contribution is -2.52. The maximum absolute atomic E-state index is 13.4. The third-order valence-corrected chi connectivity index (χ3v) is 3.96. The van der Waals surface area contributed by atoms with Gasteiger partial charge >= 0.3 is 5.97 Å². The monoisotopic (exact) mass is 316 g/mol. The van der Waals surface area contributed by atoms with E-state index in [0.717, 1.165) is 18.8 Å². The maximum Gasteiger partial charge on any atom is 0.356 e. The van der Waals surface area contributed by atoms with Crippen molar-refractivity contribution in [3.63, 3.8) is 0 Å². The Balaban J connectivity index is 1.72. The van der Waals surface area contributed by atoms with E-state index in [1.807, 2.05) is 6.07 Å². The van der Waals surface area contributed by atoms with E-state index < -0.39 is 5.97 Å². The molecule has 1 N–H and O–H groups in total. The van der Waals surface area contributed by atoms with Gasteiger partial charge in [0.1, 0.15) is 5.82 Å². The highest BCUT2D eigenvalue weighted by Gasteiger charge is 2.25. The van der Waals surface area contributed by atoms with E-state index in [-0.39, 0.29) is 17.6 Å². The number of nitrogens with zero attached hydrogens (tertiary/aromatic N) is 4. The number of carboxylic acid groups (broad SMARTS) is 1. The molecule has 0 spiro atoms. The number of piperazine rings is 1. The third-order valence-electron chi connectivity index (χ3n) is 3.96. The van der Waals surface area contributed by atoms with Crippen molar-refractivity contribution in [3.05, 3.63) is 47.9 Å². The van der Waals surface area contributed by atoms with Crippen LogP contribution < -0.4 is 9.80 Å². The van der Waals surface area contributed by atoms with Gasteiger partial charge in [-0.1, -0.05) is 6.07 Å². The van der Waals surface area contributed by atoms with Gasteiger partial charge in [0.25, 0.3) is 0 Å². The highest BCUT2D eigenvalue weighted by atomic mass is 19.1. The molecule has 1 aromatic heterocycles. The summed E-state index contributed by atoms with van der Waals surface area (Å²) in [5.41, 5.74) is 0.795. The van der Waals surface area contributed by atoms with Gasteiger partial charge in [-0.3, -0.25) is 0 Å². The Morgan fingerprint density at radius 1 is 1.26 bits per heavy atom. The summed E-state index contributed by atoms with van der Waals surface area (Å²) < 4.78 is 13.4. The van der Waals surface area contributed by atoms with Gasteiger partial charge in [-0.25, -0.2) is 9.18 Å². The minimum atomic E-state index is -1.09. The van der Waals surface area contributed by atoms with Gasteiger partial charge in [0, 0.05) is 31.4 Å². The van der Waals surface area contributed by atoms with Crippen LogP contribution in [-0.2, 0) is 0 Å². The van der Waals surface area contributed by atoms with Gasteiger partial charge in [-0.05, 0) is 37.3 Å². The fraction of sp³-hybridized carbons (Fsp3) is 0.312. The van der Waals surface area contributed by atoms with E-state index in [9.17, 15) is 9.18 Å². The van der Waals surface area contributed by atoms with Crippen LogP contribution in [0.25, 0.3) is 0 Å². The molecule has 1 fully saturated rings. The fourth-order valence-corrected chi connectivity index (χ4v) is 2.80. The Bertz CT molecular complexity index is 707. The van der Waals surface area contributed by atoms with Crippen molar-refractivity contribution in [3.8, 4) is 0 Å². The van der Waals surface area contributed by atoms with Gasteiger partial charge < -0.3 is 14.9 Å². The zero-order chi connectivity index (χ0) is 16.4. The lowest BCUT2D eigenvalue weighted by Gasteiger charge is -2.41. The summed E-state index contributed by atoms with van der Waals surface area (Å²) in [4.78, 5) is 15.0. The van der Waals surface area contributed by atoms with Gasteiger partial charge in [0.15, 0.2) is 11.5 Å². The number of carboxylic acids is 1. The molecular formula is C16H17FN4O2. The highest BCUT2D eigenvalue weighted by Crippen LogP contribution is 2.23. The van der Waals surface area contributed by atoms with Crippen molar-refractivity contribution in [1.29, 1.82) is 0 Å². The first-order chi connectivity index (χ1) is 11.0. The molecule has 1 aliphatic heterocycles. The Labute approximate surface area is 133 Å². The first-order valence-electron chi connectivity index (χ1n) is 7.39. The van der Waals surface area contributed by atoms with Crippen molar-refractivity contribution in [2.45, 2.75) is 13.0 Å². The Morgan fingerprint density at radius 2 is 2.09 bits per heavy atom. The van der Waals surface area contributed by atoms with Gasteiger partial charge in [-0.15, -0.1) is 10.2 Å². The number of hydrogen-bond acceptors (Lipinski definition) is 5. The normalized spacial score (nSPS) is 18.1. The van der Waals surface area contributed by atoms with Crippen LogP contribution in [0.1, 0.15) is 17.4 Å². The molecule has 2 aromatic rings. The number of hydrogen-bond donors (Lipinski definition) is 1. The van der Waals surface area contributed by atoms with E-state index in [1.54, 1.807) is 12.1 Å². The molecule has 120 valence electrons. The number of carbonyl (C=O) groups is 1. The van der Waals surface area contributed by atoms with Crippen molar-refractivity contribution >= 4 is 17.5 Å². The Kier molecular flexibility index (Phi) is 4.10. The van der Waals surface area contributed by atoms with E-state index in [4.69, 9.17) is 5.11 Å². The van der Waals surface area contributed by atoms with E-state index >= 15 is 0 Å². The molecule has 0 amide bonds. The molecule has 6 nitrogen and oxygen atoms in total. The smallest absolute Gasteiger partial charge is 0.356 e. The second-order valence-electron chi connectivity index (χ2n) is 5.55. The molecule has 0 aliphatic carbocycles. The minimum Gasteiger partial charge on any atom is -0.476 e. The summed E-state index contributed by atoms with van der Waals surface area (Å²) in [6, 6.07) is 9.84. The molecule has 1 aliphatic rings. The first-order valence-corrected chi connectivity index (χ1v) is 7.39. The van der Waals surface area contributed by atoms with Crippen molar-refractivity contribution in [2.24, 2.45) is 0 Å². The summed E-state index contributed by atoms with van der Waals surface area (Å²) in [6.45, 7) is 4.22. The molecule has 0 unspecified atom stereocenters. The van der Waals surface area contributed by atoms with Crippen LogP contribution in [-0.4, -0.2) is 46.9 Å². The molecule has 0 saturated carbocycles.